The summed E-state index contributed by atoms with van der Waals surface area (Å²) in [4.78, 5) is 17.5. The van der Waals surface area contributed by atoms with Crippen molar-refractivity contribution in [3.8, 4) is 11.3 Å². The number of H-pyrrole nitrogens is 1. The topological polar surface area (TPSA) is 92.0 Å². The molecule has 4 N–H and O–H groups in total. The van der Waals surface area contributed by atoms with Gasteiger partial charge in [-0.2, -0.15) is 0 Å². The molecule has 0 amide bonds. The van der Waals surface area contributed by atoms with Crippen molar-refractivity contribution in [1.82, 2.24) is 9.97 Å². The van der Waals surface area contributed by atoms with Gasteiger partial charge in [-0.15, -0.1) is 0 Å². The molecule has 1 aromatic heterocycles. The van der Waals surface area contributed by atoms with Gasteiger partial charge in [-0.1, -0.05) is 18.2 Å². The summed E-state index contributed by atoms with van der Waals surface area (Å²) in [6, 6.07) is 6.68. The van der Waals surface area contributed by atoms with E-state index in [2.05, 4.69) is 9.97 Å². The first-order valence-corrected chi connectivity index (χ1v) is 4.31. The summed E-state index contributed by atoms with van der Waals surface area (Å²) in [6.45, 7) is 0. The highest BCUT2D eigenvalue weighted by Gasteiger charge is 2.11. The maximum Gasteiger partial charge on any atom is 0.336 e. The number of carboxylic acids is 1. The Balaban J connectivity index is 2.57. The molecule has 0 saturated carbocycles. The van der Waals surface area contributed by atoms with Gasteiger partial charge < -0.3 is 15.8 Å². The highest BCUT2D eigenvalue weighted by molar-refractivity contribution is 5.95. The van der Waals surface area contributed by atoms with Crippen LogP contribution < -0.4 is 5.73 Å². The Morgan fingerprint density at radius 2 is 2.13 bits per heavy atom. The van der Waals surface area contributed by atoms with Crippen molar-refractivity contribution >= 4 is 11.9 Å². The van der Waals surface area contributed by atoms with Crippen molar-refractivity contribution < 1.29 is 9.90 Å². The Bertz CT molecular complexity index is 505. The number of aromatic nitrogens is 2. The van der Waals surface area contributed by atoms with Crippen LogP contribution in [0.4, 0.5) is 5.95 Å². The van der Waals surface area contributed by atoms with Gasteiger partial charge in [-0.25, -0.2) is 9.78 Å². The van der Waals surface area contributed by atoms with Crippen molar-refractivity contribution in [2.75, 3.05) is 5.73 Å². The van der Waals surface area contributed by atoms with Crippen LogP contribution in [0.25, 0.3) is 11.3 Å². The lowest BCUT2D eigenvalue weighted by Crippen LogP contribution is -1.99. The Morgan fingerprint density at radius 1 is 1.40 bits per heavy atom. The molecular formula is C10H9N3O2. The monoisotopic (exact) mass is 203 g/mol. The van der Waals surface area contributed by atoms with Gasteiger partial charge in [0.05, 0.1) is 17.5 Å². The Morgan fingerprint density at radius 3 is 2.73 bits per heavy atom. The van der Waals surface area contributed by atoms with Gasteiger partial charge in [0.2, 0.25) is 0 Å². The molecule has 0 spiro atoms. The fraction of sp³-hybridized carbons (Fsp3) is 0. The number of nitrogens with two attached hydrogens (primary N) is 1. The molecule has 2 aromatic rings. The molecule has 0 radical (unpaired) electrons. The molecule has 15 heavy (non-hydrogen) atoms. The molecule has 0 unspecified atom stereocenters. The maximum absolute atomic E-state index is 10.9. The Labute approximate surface area is 85.6 Å². The van der Waals surface area contributed by atoms with E-state index in [1.807, 2.05) is 0 Å². The van der Waals surface area contributed by atoms with Crippen molar-refractivity contribution in [1.29, 1.82) is 0 Å². The lowest BCUT2D eigenvalue weighted by Gasteiger charge is -2.02. The van der Waals surface area contributed by atoms with Crippen LogP contribution in [-0.4, -0.2) is 21.0 Å². The average Bonchev–Trinajstić information content (AvgIpc) is 2.65. The predicted molar refractivity (Wildman–Crippen MR) is 55.4 cm³/mol. The molecular weight excluding hydrogens is 194 g/mol. The number of nitrogens with one attached hydrogen (secondary N) is 1. The number of rotatable bonds is 2. The van der Waals surface area contributed by atoms with Crippen LogP contribution in [0.3, 0.4) is 0 Å². The van der Waals surface area contributed by atoms with Crippen molar-refractivity contribution in [2.45, 2.75) is 0 Å². The van der Waals surface area contributed by atoms with Crippen LogP contribution >= 0.6 is 0 Å². The van der Waals surface area contributed by atoms with E-state index in [9.17, 15) is 4.79 Å². The van der Waals surface area contributed by atoms with Gasteiger partial charge in [-0.3, -0.25) is 0 Å². The smallest absolute Gasteiger partial charge is 0.336 e. The number of nitrogens with zero attached hydrogens (tertiary/aromatic N) is 1. The van der Waals surface area contributed by atoms with Crippen LogP contribution in [0.5, 0.6) is 0 Å². The number of anilines is 1. The largest absolute Gasteiger partial charge is 0.478 e. The van der Waals surface area contributed by atoms with E-state index < -0.39 is 5.97 Å². The van der Waals surface area contributed by atoms with Gasteiger partial charge in [0, 0.05) is 5.56 Å². The van der Waals surface area contributed by atoms with E-state index in [1.54, 1.807) is 18.2 Å². The second-order valence-electron chi connectivity index (χ2n) is 3.03. The Hall–Kier alpha value is -2.30. The summed E-state index contributed by atoms with van der Waals surface area (Å²) in [5.74, 6) is -0.705. The van der Waals surface area contributed by atoms with Crippen LogP contribution in [0.2, 0.25) is 0 Å². The second kappa shape index (κ2) is 3.45. The van der Waals surface area contributed by atoms with Crippen molar-refractivity contribution in [3.63, 3.8) is 0 Å². The van der Waals surface area contributed by atoms with Gasteiger partial charge in [0.25, 0.3) is 0 Å². The standard InChI is InChI=1S/C10H9N3O2/c11-10-12-5-8(13-10)6-3-1-2-4-7(6)9(14)15/h1-5H,(H,14,15)(H3,11,12,13). The Kier molecular flexibility index (Phi) is 2.13. The zero-order valence-corrected chi connectivity index (χ0v) is 7.77. The molecule has 76 valence electrons. The first-order chi connectivity index (χ1) is 7.18. The highest BCUT2D eigenvalue weighted by Crippen LogP contribution is 2.22. The van der Waals surface area contributed by atoms with Crippen LogP contribution in [0.15, 0.2) is 30.5 Å². The van der Waals surface area contributed by atoms with E-state index in [0.717, 1.165) is 0 Å². The second-order valence-corrected chi connectivity index (χ2v) is 3.03. The van der Waals surface area contributed by atoms with E-state index in [1.165, 1.54) is 12.3 Å². The summed E-state index contributed by atoms with van der Waals surface area (Å²) < 4.78 is 0. The number of hydrogen-bond acceptors (Lipinski definition) is 3. The number of carboxylic acid groups (broad SMARTS) is 1. The summed E-state index contributed by atoms with van der Waals surface area (Å²) >= 11 is 0. The quantitative estimate of drug-likeness (QED) is 0.687. The van der Waals surface area contributed by atoms with E-state index >= 15 is 0 Å². The van der Waals surface area contributed by atoms with E-state index in [4.69, 9.17) is 10.8 Å². The summed E-state index contributed by atoms with van der Waals surface area (Å²) in [5.41, 5.74) is 6.83. The maximum atomic E-state index is 10.9. The van der Waals surface area contributed by atoms with Gasteiger partial charge in [0.15, 0.2) is 5.95 Å². The minimum Gasteiger partial charge on any atom is -0.478 e. The predicted octanol–water partition coefficient (Wildman–Crippen LogP) is 1.36. The fourth-order valence-electron chi connectivity index (χ4n) is 1.38. The summed E-state index contributed by atoms with van der Waals surface area (Å²) in [6.07, 6.45) is 1.51. The summed E-state index contributed by atoms with van der Waals surface area (Å²) in [5, 5.41) is 8.97. The molecule has 5 nitrogen and oxygen atoms in total. The SMILES string of the molecule is Nc1ncc(-c2ccccc2C(=O)O)[nH]1. The molecule has 2 rings (SSSR count). The first kappa shape index (κ1) is 9.26. The number of aromatic amines is 1. The van der Waals surface area contributed by atoms with Crippen LogP contribution in [0, 0.1) is 0 Å². The molecule has 5 heteroatoms. The fourth-order valence-corrected chi connectivity index (χ4v) is 1.38. The lowest BCUT2D eigenvalue weighted by molar-refractivity contribution is 0.0697. The third-order valence-electron chi connectivity index (χ3n) is 2.04. The molecule has 0 fully saturated rings. The van der Waals surface area contributed by atoms with Crippen molar-refractivity contribution in [3.05, 3.63) is 36.0 Å². The van der Waals surface area contributed by atoms with Crippen molar-refractivity contribution in [2.24, 2.45) is 0 Å². The van der Waals surface area contributed by atoms with Gasteiger partial charge >= 0.3 is 5.97 Å². The van der Waals surface area contributed by atoms with Crippen LogP contribution in [0.1, 0.15) is 10.4 Å². The zero-order chi connectivity index (χ0) is 10.8. The number of nitrogen functional groups attached to an aromatic ring is 1. The van der Waals surface area contributed by atoms with Gasteiger partial charge in [-0.05, 0) is 6.07 Å². The number of carbonyl (C=O) groups is 1. The highest BCUT2D eigenvalue weighted by atomic mass is 16.4. The van der Waals surface area contributed by atoms with E-state index in [0.29, 0.717) is 11.3 Å². The molecule has 0 aliphatic rings. The van der Waals surface area contributed by atoms with Crippen LogP contribution in [-0.2, 0) is 0 Å². The molecule has 0 bridgehead atoms. The van der Waals surface area contributed by atoms with Gasteiger partial charge in [0.1, 0.15) is 0 Å². The third-order valence-corrected chi connectivity index (χ3v) is 2.04. The summed E-state index contributed by atoms with van der Waals surface area (Å²) in [7, 11) is 0. The minimum atomic E-state index is -0.973. The lowest BCUT2D eigenvalue weighted by atomic mass is 10.1. The average molecular weight is 203 g/mol. The molecule has 0 aliphatic carbocycles. The number of benzene rings is 1. The molecule has 0 saturated heterocycles. The number of hydrogen-bond donors (Lipinski definition) is 3. The minimum absolute atomic E-state index is 0.223. The first-order valence-electron chi connectivity index (χ1n) is 4.31. The third kappa shape index (κ3) is 1.67. The normalized spacial score (nSPS) is 10.1. The molecule has 0 aliphatic heterocycles. The number of aromatic carboxylic acids is 1. The zero-order valence-electron chi connectivity index (χ0n) is 7.77. The molecule has 1 heterocycles. The molecule has 1 aromatic carbocycles. The molecule has 0 atom stereocenters. The van der Waals surface area contributed by atoms with E-state index in [-0.39, 0.29) is 11.5 Å². The number of imidazole rings is 1.